The second-order valence-electron chi connectivity index (χ2n) is 6.55. The Morgan fingerprint density at radius 2 is 2.26 bits per heavy atom. The number of carboxylic acid groups (broad SMARTS) is 1. The van der Waals surface area contributed by atoms with Gasteiger partial charge in [-0.1, -0.05) is 18.3 Å². The third-order valence-corrected chi connectivity index (χ3v) is 6.93. The topological polar surface area (TPSA) is 111 Å². The van der Waals surface area contributed by atoms with Crippen molar-refractivity contribution in [3.05, 3.63) is 28.0 Å². The summed E-state index contributed by atoms with van der Waals surface area (Å²) in [6, 6.07) is -0.306. The Morgan fingerprint density at radius 3 is 2.89 bits per heavy atom. The summed E-state index contributed by atoms with van der Waals surface area (Å²) in [6.07, 6.45) is 1.72. The predicted octanol–water partition coefficient (Wildman–Crippen LogP) is -3.11. The maximum Gasteiger partial charge on any atom is 1.00 e. The summed E-state index contributed by atoms with van der Waals surface area (Å²) < 4.78 is 1.71. The van der Waals surface area contributed by atoms with Crippen molar-refractivity contribution >= 4 is 39.9 Å². The molecule has 138 valence electrons. The molecule has 2 aromatic rings. The molecule has 0 aromatic carbocycles. The molecule has 4 atom stereocenters. The van der Waals surface area contributed by atoms with Crippen molar-refractivity contribution in [3.63, 3.8) is 0 Å². The van der Waals surface area contributed by atoms with Crippen LogP contribution >= 0.6 is 23.1 Å². The summed E-state index contributed by atoms with van der Waals surface area (Å²) >= 11 is 2.87. The average molecular weight is 416 g/mol. The van der Waals surface area contributed by atoms with E-state index in [1.165, 1.54) is 28.0 Å². The van der Waals surface area contributed by atoms with Gasteiger partial charge in [0.15, 0.2) is 0 Å². The molecule has 0 radical (unpaired) electrons. The fourth-order valence-corrected chi connectivity index (χ4v) is 5.65. The van der Waals surface area contributed by atoms with Crippen molar-refractivity contribution in [2.24, 2.45) is 11.8 Å². The second kappa shape index (κ2) is 7.84. The van der Waals surface area contributed by atoms with Gasteiger partial charge in [-0.15, -0.1) is 11.8 Å². The molecule has 0 spiro atoms. The molecule has 1 N–H and O–H groups in total. The second-order valence-corrected chi connectivity index (χ2v) is 8.50. The normalized spacial score (nSPS) is 25.4. The molecule has 11 heteroatoms. The van der Waals surface area contributed by atoms with Gasteiger partial charge in [0, 0.05) is 23.0 Å². The average Bonchev–Trinajstić information content (AvgIpc) is 3.19. The van der Waals surface area contributed by atoms with Crippen LogP contribution in [0.5, 0.6) is 0 Å². The number of imidazole rings is 1. The van der Waals surface area contributed by atoms with E-state index in [9.17, 15) is 19.8 Å². The maximum atomic E-state index is 12.3. The van der Waals surface area contributed by atoms with E-state index < -0.39 is 18.0 Å². The third-order valence-electron chi connectivity index (χ3n) is 4.95. The van der Waals surface area contributed by atoms with Gasteiger partial charge < -0.3 is 19.9 Å². The first-order valence-corrected chi connectivity index (χ1v) is 10.1. The number of carboxylic acids is 1. The summed E-state index contributed by atoms with van der Waals surface area (Å²) in [5, 5.41) is 25.6. The molecule has 1 fully saturated rings. The van der Waals surface area contributed by atoms with E-state index in [4.69, 9.17) is 0 Å². The van der Waals surface area contributed by atoms with E-state index in [2.05, 4.69) is 10.1 Å². The number of carbonyl (C=O) groups is 2. The molecule has 4 heterocycles. The Labute approximate surface area is 185 Å². The van der Waals surface area contributed by atoms with Crippen molar-refractivity contribution in [3.8, 4) is 0 Å². The molecule has 2 aliphatic heterocycles. The van der Waals surface area contributed by atoms with Gasteiger partial charge in [0.05, 0.1) is 41.6 Å². The fraction of sp³-hybridized carbons (Fsp3) is 0.500. The largest absolute Gasteiger partial charge is 1.00 e. The van der Waals surface area contributed by atoms with E-state index in [1.807, 2.05) is 13.1 Å². The maximum absolute atomic E-state index is 12.3. The van der Waals surface area contributed by atoms with Crippen LogP contribution in [0.3, 0.4) is 0 Å². The van der Waals surface area contributed by atoms with Crippen LogP contribution in [0.15, 0.2) is 22.3 Å². The van der Waals surface area contributed by atoms with Crippen LogP contribution < -0.4 is 34.7 Å². The Morgan fingerprint density at radius 1 is 1.52 bits per heavy atom. The molecule has 0 bridgehead atoms. The van der Waals surface area contributed by atoms with Gasteiger partial charge in [-0.25, -0.2) is 9.50 Å². The number of hydrogen-bond donors (Lipinski definition) is 1. The van der Waals surface area contributed by atoms with Crippen molar-refractivity contribution < 1.29 is 49.4 Å². The van der Waals surface area contributed by atoms with Gasteiger partial charge in [-0.2, -0.15) is 5.10 Å². The number of aliphatic carboxylic acids is 1. The zero-order valence-corrected chi connectivity index (χ0v) is 18.8. The summed E-state index contributed by atoms with van der Waals surface area (Å²) in [7, 11) is 0. The van der Waals surface area contributed by atoms with Gasteiger partial charge in [0.2, 0.25) is 10.9 Å². The number of hydrogen-bond acceptors (Lipinski definition) is 8. The Hall–Kier alpha value is -0.910. The number of rotatable bonds is 6. The molecular formula is C16H17N4NaO4S2. The van der Waals surface area contributed by atoms with Crippen molar-refractivity contribution in [1.82, 2.24) is 19.5 Å². The number of carbonyl (C=O) groups excluding carboxylic acids is 2. The fourth-order valence-electron chi connectivity index (χ4n) is 3.78. The van der Waals surface area contributed by atoms with E-state index in [1.54, 1.807) is 16.9 Å². The van der Waals surface area contributed by atoms with E-state index in [-0.39, 0.29) is 53.1 Å². The minimum absolute atomic E-state index is 0. The summed E-state index contributed by atoms with van der Waals surface area (Å²) in [5.74, 6) is -1.74. The van der Waals surface area contributed by atoms with Crippen LogP contribution in [-0.2, 0) is 16.0 Å². The Kier molecular flexibility index (Phi) is 6.05. The summed E-state index contributed by atoms with van der Waals surface area (Å²) in [4.78, 5) is 31.1. The first-order valence-electron chi connectivity index (χ1n) is 8.27. The van der Waals surface area contributed by atoms with Gasteiger partial charge in [-0.3, -0.25) is 4.79 Å². The summed E-state index contributed by atoms with van der Waals surface area (Å²) in [6.45, 7) is 3.46. The Balaban J connectivity index is 0.00000210. The monoisotopic (exact) mass is 416 g/mol. The molecule has 0 saturated carbocycles. The zero-order chi connectivity index (χ0) is 18.6. The van der Waals surface area contributed by atoms with E-state index in [0.717, 1.165) is 10.7 Å². The molecule has 1 amide bonds. The number of aryl methyl sites for hydroxylation is 1. The molecule has 3 unspecified atom stereocenters. The van der Waals surface area contributed by atoms with Crippen molar-refractivity contribution in [2.75, 3.05) is 5.75 Å². The Bertz CT molecular complexity index is 896. The molecule has 0 aliphatic carbocycles. The van der Waals surface area contributed by atoms with E-state index in [0.29, 0.717) is 17.1 Å². The molecule has 1 saturated heterocycles. The number of nitrogens with zero attached hydrogens (tertiary/aromatic N) is 4. The number of aliphatic hydroxyl groups excluding tert-OH is 1. The van der Waals surface area contributed by atoms with Crippen LogP contribution in [0.4, 0.5) is 0 Å². The van der Waals surface area contributed by atoms with Gasteiger partial charge in [-0.05, 0) is 6.92 Å². The number of β-lactam (4-membered cyclic amide) rings is 1. The standard InChI is InChI=1S/C16H18N4O4S2.Na/c1-7-11-10(8(2)21)14(22)20(11)12(15(23)24)13(7)25-4-3-9-5-19-16(18-9)26-6-17-19;/h5-8,10-11,21H,3-4H2,1-2H3,(H,23,24);/q;+1/p-1/t7-,8?,10?,11?;/m1./s1. The molecular weight excluding hydrogens is 399 g/mol. The molecule has 27 heavy (non-hydrogen) atoms. The number of amides is 1. The molecule has 8 nitrogen and oxygen atoms in total. The van der Waals surface area contributed by atoms with Gasteiger partial charge in [0.25, 0.3) is 0 Å². The van der Waals surface area contributed by atoms with Gasteiger partial charge >= 0.3 is 29.6 Å². The third kappa shape index (κ3) is 3.36. The number of thioether (sulfide) groups is 1. The van der Waals surface area contributed by atoms with E-state index >= 15 is 0 Å². The minimum atomic E-state index is -1.34. The van der Waals surface area contributed by atoms with Crippen LogP contribution in [0.1, 0.15) is 19.5 Å². The van der Waals surface area contributed by atoms with Crippen LogP contribution in [-0.4, -0.2) is 54.4 Å². The molecule has 2 aromatic heterocycles. The predicted molar refractivity (Wildman–Crippen MR) is 94.0 cm³/mol. The van der Waals surface area contributed by atoms with Crippen molar-refractivity contribution in [2.45, 2.75) is 32.4 Å². The molecule has 2 aliphatic rings. The smallest absolute Gasteiger partial charge is 0.543 e. The van der Waals surface area contributed by atoms with Crippen LogP contribution in [0.2, 0.25) is 0 Å². The quantitative estimate of drug-likeness (QED) is 0.392. The first kappa shape index (κ1) is 20.8. The van der Waals surface area contributed by atoms with Crippen LogP contribution in [0.25, 0.3) is 4.96 Å². The number of fused-ring (bicyclic) bond motifs is 2. The number of aliphatic hydroxyl groups is 1. The summed E-state index contributed by atoms with van der Waals surface area (Å²) in [5.41, 5.74) is 2.57. The SMILES string of the molecule is CC(O)C1C(=O)N2C(C(=O)[O-])=C(SCCc3cn4ncsc4n3)[C@H](C)C12.[Na+]. The van der Waals surface area contributed by atoms with Crippen molar-refractivity contribution in [1.29, 1.82) is 0 Å². The number of aromatic nitrogens is 3. The zero-order valence-electron chi connectivity index (χ0n) is 15.2. The van der Waals surface area contributed by atoms with Gasteiger partial charge in [0.1, 0.15) is 5.51 Å². The molecule has 4 rings (SSSR count). The minimum Gasteiger partial charge on any atom is -0.543 e. The van der Waals surface area contributed by atoms with Crippen LogP contribution in [0, 0.1) is 11.8 Å². The first-order chi connectivity index (χ1) is 12.4.